The highest BCUT2D eigenvalue weighted by atomic mass is 16.4. The van der Waals surface area contributed by atoms with Gasteiger partial charge in [-0.2, -0.15) is 0 Å². The predicted molar refractivity (Wildman–Crippen MR) is 99.5 cm³/mol. The van der Waals surface area contributed by atoms with Gasteiger partial charge in [0.1, 0.15) is 17.0 Å². The Morgan fingerprint density at radius 2 is 2.00 bits per heavy atom. The molecule has 134 valence electrons. The first kappa shape index (κ1) is 17.6. The predicted octanol–water partition coefficient (Wildman–Crippen LogP) is 2.62. The number of fused-ring (bicyclic) bond motifs is 1. The standard InChI is InChI=1S/C19H19N3O4/c1-19(2,11-23)22-16-8-7-13(10-20-16)21-17(24)14-9-12-5-3-4-6-15(12)26-18(14)25/h3-10,23H,11H2,1-2H3,(H,20,22)(H,21,24). The van der Waals surface area contributed by atoms with Crippen molar-refractivity contribution >= 4 is 28.4 Å². The molecule has 0 spiro atoms. The molecule has 1 aromatic carbocycles. The Balaban J connectivity index is 1.78. The Kier molecular flexibility index (Phi) is 4.73. The highest BCUT2D eigenvalue weighted by Crippen LogP contribution is 2.16. The van der Waals surface area contributed by atoms with E-state index in [1.165, 1.54) is 12.3 Å². The minimum Gasteiger partial charge on any atom is -0.422 e. The molecule has 0 aliphatic rings. The molecule has 3 rings (SSSR count). The molecule has 26 heavy (non-hydrogen) atoms. The summed E-state index contributed by atoms with van der Waals surface area (Å²) in [7, 11) is 0. The highest BCUT2D eigenvalue weighted by molar-refractivity contribution is 6.05. The van der Waals surface area contributed by atoms with Gasteiger partial charge < -0.3 is 20.2 Å². The maximum Gasteiger partial charge on any atom is 0.349 e. The number of aliphatic hydroxyl groups is 1. The van der Waals surface area contributed by atoms with Gasteiger partial charge in [0.05, 0.1) is 24.0 Å². The van der Waals surface area contributed by atoms with Crippen molar-refractivity contribution in [2.45, 2.75) is 19.4 Å². The molecule has 0 aliphatic carbocycles. The molecule has 0 saturated heterocycles. The van der Waals surface area contributed by atoms with Crippen molar-refractivity contribution < 1.29 is 14.3 Å². The number of pyridine rings is 1. The molecule has 0 atom stereocenters. The number of anilines is 2. The van der Waals surface area contributed by atoms with Gasteiger partial charge in [0.2, 0.25) is 0 Å². The van der Waals surface area contributed by atoms with Gasteiger partial charge in [-0.05, 0) is 38.1 Å². The van der Waals surface area contributed by atoms with Crippen LogP contribution in [0.5, 0.6) is 0 Å². The van der Waals surface area contributed by atoms with E-state index >= 15 is 0 Å². The summed E-state index contributed by atoms with van der Waals surface area (Å²) in [5.74, 6) is -0.00466. The zero-order valence-electron chi connectivity index (χ0n) is 14.4. The van der Waals surface area contributed by atoms with Crippen LogP contribution in [-0.2, 0) is 0 Å². The van der Waals surface area contributed by atoms with Crippen molar-refractivity contribution in [3.8, 4) is 0 Å². The fraction of sp³-hybridized carbons (Fsp3) is 0.211. The Hall–Kier alpha value is -3.19. The Bertz CT molecular complexity index is 994. The summed E-state index contributed by atoms with van der Waals surface area (Å²) >= 11 is 0. The zero-order valence-corrected chi connectivity index (χ0v) is 14.4. The molecule has 0 bridgehead atoms. The number of hydrogen-bond acceptors (Lipinski definition) is 6. The largest absolute Gasteiger partial charge is 0.422 e. The second-order valence-corrected chi connectivity index (χ2v) is 6.54. The summed E-state index contributed by atoms with van der Waals surface area (Å²) in [6.45, 7) is 3.62. The van der Waals surface area contributed by atoms with Crippen LogP contribution in [0.15, 0.2) is 57.9 Å². The second-order valence-electron chi connectivity index (χ2n) is 6.54. The number of carbonyl (C=O) groups excluding carboxylic acids is 1. The lowest BCUT2D eigenvalue weighted by atomic mass is 10.1. The molecule has 3 aromatic rings. The van der Waals surface area contributed by atoms with E-state index in [2.05, 4.69) is 15.6 Å². The van der Waals surface area contributed by atoms with E-state index in [1.807, 2.05) is 13.8 Å². The number of para-hydroxylation sites is 1. The van der Waals surface area contributed by atoms with Crippen molar-refractivity contribution in [2.75, 3.05) is 17.2 Å². The van der Waals surface area contributed by atoms with Gasteiger partial charge >= 0.3 is 5.63 Å². The number of hydrogen-bond donors (Lipinski definition) is 3. The Labute approximate surface area is 149 Å². The molecular weight excluding hydrogens is 334 g/mol. The minimum absolute atomic E-state index is 0.0507. The summed E-state index contributed by atoms with van der Waals surface area (Å²) in [6, 6.07) is 11.8. The quantitative estimate of drug-likeness (QED) is 0.609. The third-order valence-corrected chi connectivity index (χ3v) is 3.77. The van der Waals surface area contributed by atoms with E-state index in [0.717, 1.165) is 0 Å². The molecule has 0 fully saturated rings. The number of amides is 1. The Morgan fingerprint density at radius 1 is 1.23 bits per heavy atom. The van der Waals surface area contributed by atoms with Crippen molar-refractivity contribution in [1.29, 1.82) is 0 Å². The van der Waals surface area contributed by atoms with Crippen LogP contribution in [0.2, 0.25) is 0 Å². The number of benzene rings is 1. The van der Waals surface area contributed by atoms with Crippen molar-refractivity contribution in [2.24, 2.45) is 0 Å². The van der Waals surface area contributed by atoms with Crippen LogP contribution in [0.3, 0.4) is 0 Å². The summed E-state index contributed by atoms with van der Waals surface area (Å²) in [5.41, 5.74) is -0.418. The molecule has 0 aliphatic heterocycles. The number of rotatable bonds is 5. The van der Waals surface area contributed by atoms with E-state index in [9.17, 15) is 14.7 Å². The number of aliphatic hydroxyl groups excluding tert-OH is 1. The molecule has 3 N–H and O–H groups in total. The molecule has 0 unspecified atom stereocenters. The smallest absolute Gasteiger partial charge is 0.349 e. The van der Waals surface area contributed by atoms with Gasteiger partial charge in [-0.3, -0.25) is 4.79 Å². The van der Waals surface area contributed by atoms with Gasteiger partial charge in [-0.1, -0.05) is 18.2 Å². The van der Waals surface area contributed by atoms with Crippen LogP contribution < -0.4 is 16.3 Å². The fourth-order valence-corrected chi connectivity index (χ4v) is 2.35. The highest BCUT2D eigenvalue weighted by Gasteiger charge is 2.17. The normalized spacial score (nSPS) is 11.3. The third kappa shape index (κ3) is 3.89. The maximum atomic E-state index is 12.4. The van der Waals surface area contributed by atoms with Gasteiger partial charge in [-0.25, -0.2) is 9.78 Å². The van der Waals surface area contributed by atoms with Gasteiger partial charge in [0, 0.05) is 5.39 Å². The Morgan fingerprint density at radius 3 is 2.69 bits per heavy atom. The molecule has 1 amide bonds. The summed E-state index contributed by atoms with van der Waals surface area (Å²) in [5, 5.41) is 15.6. The minimum atomic E-state index is -0.697. The maximum absolute atomic E-state index is 12.4. The SMILES string of the molecule is CC(C)(CO)Nc1ccc(NC(=O)c2cc3ccccc3oc2=O)cn1. The van der Waals surface area contributed by atoms with Crippen LogP contribution in [0, 0.1) is 0 Å². The monoisotopic (exact) mass is 353 g/mol. The molecular formula is C19H19N3O4. The first-order valence-corrected chi connectivity index (χ1v) is 8.07. The molecule has 2 aromatic heterocycles. The lowest BCUT2D eigenvalue weighted by molar-refractivity contribution is 0.102. The lowest BCUT2D eigenvalue weighted by Crippen LogP contribution is -2.35. The van der Waals surface area contributed by atoms with Crippen LogP contribution in [0.1, 0.15) is 24.2 Å². The number of carbonyl (C=O) groups is 1. The molecule has 7 nitrogen and oxygen atoms in total. The first-order valence-electron chi connectivity index (χ1n) is 8.07. The molecule has 7 heteroatoms. The summed E-state index contributed by atoms with van der Waals surface area (Å²) in [4.78, 5) is 28.6. The van der Waals surface area contributed by atoms with Crippen LogP contribution in [0.25, 0.3) is 11.0 Å². The first-order chi connectivity index (χ1) is 12.4. The average Bonchev–Trinajstić information content (AvgIpc) is 2.62. The van der Waals surface area contributed by atoms with Gasteiger partial charge in [-0.15, -0.1) is 0 Å². The van der Waals surface area contributed by atoms with E-state index in [0.29, 0.717) is 22.5 Å². The van der Waals surface area contributed by atoms with Crippen molar-refractivity contribution in [3.05, 3.63) is 64.6 Å². The third-order valence-electron chi connectivity index (χ3n) is 3.77. The second kappa shape index (κ2) is 6.97. The zero-order chi connectivity index (χ0) is 18.7. The number of nitrogens with one attached hydrogen (secondary N) is 2. The lowest BCUT2D eigenvalue weighted by Gasteiger charge is -2.24. The van der Waals surface area contributed by atoms with E-state index < -0.39 is 17.1 Å². The topological polar surface area (TPSA) is 104 Å². The van der Waals surface area contributed by atoms with Crippen molar-refractivity contribution in [3.63, 3.8) is 0 Å². The van der Waals surface area contributed by atoms with Gasteiger partial charge in [0.25, 0.3) is 5.91 Å². The van der Waals surface area contributed by atoms with Crippen molar-refractivity contribution in [1.82, 2.24) is 4.98 Å². The van der Waals surface area contributed by atoms with Crippen LogP contribution in [0.4, 0.5) is 11.5 Å². The molecule has 0 radical (unpaired) electrons. The molecule has 0 saturated carbocycles. The van der Waals surface area contributed by atoms with E-state index in [1.54, 1.807) is 36.4 Å². The van der Waals surface area contributed by atoms with Crippen LogP contribution >= 0.6 is 0 Å². The molecule has 2 heterocycles. The van der Waals surface area contributed by atoms with E-state index in [4.69, 9.17) is 4.42 Å². The number of aromatic nitrogens is 1. The van der Waals surface area contributed by atoms with Crippen LogP contribution in [-0.4, -0.2) is 28.1 Å². The summed E-state index contributed by atoms with van der Waals surface area (Å²) < 4.78 is 5.17. The van der Waals surface area contributed by atoms with Gasteiger partial charge in [0.15, 0.2) is 0 Å². The number of nitrogens with zero attached hydrogens (tertiary/aromatic N) is 1. The average molecular weight is 353 g/mol. The van der Waals surface area contributed by atoms with E-state index in [-0.39, 0.29) is 12.2 Å². The summed E-state index contributed by atoms with van der Waals surface area (Å²) in [6.07, 6.45) is 1.47. The fourth-order valence-electron chi connectivity index (χ4n) is 2.35.